The summed E-state index contributed by atoms with van der Waals surface area (Å²) in [5.74, 6) is 0.0256. The molecule has 0 radical (unpaired) electrons. The number of nitrogens with one attached hydrogen (secondary N) is 1. The molecule has 0 aliphatic rings. The summed E-state index contributed by atoms with van der Waals surface area (Å²) in [5.41, 5.74) is 5.60. The summed E-state index contributed by atoms with van der Waals surface area (Å²) in [6, 6.07) is 1.42. The second-order valence-electron chi connectivity index (χ2n) is 1.91. The van der Waals surface area contributed by atoms with E-state index in [9.17, 15) is 4.79 Å². The molecule has 0 aliphatic heterocycles. The Kier molecular flexibility index (Phi) is 2.00. The average Bonchev–Trinajstić information content (AvgIpc) is 2.03. The van der Waals surface area contributed by atoms with Gasteiger partial charge in [0.25, 0.3) is 5.91 Å². The summed E-state index contributed by atoms with van der Waals surface area (Å²) < 4.78 is 0. The van der Waals surface area contributed by atoms with Crippen LogP contribution >= 0.6 is 0 Å². The number of nitrogen functional groups attached to an aromatic ring is 1. The topological polar surface area (TPSA) is 80.9 Å². The lowest BCUT2D eigenvalue weighted by Gasteiger charge is -1.97. The number of carbonyl (C=O) groups excluding carboxylic acids is 1. The van der Waals surface area contributed by atoms with Crippen molar-refractivity contribution < 1.29 is 4.79 Å². The molecule has 0 fully saturated rings. The van der Waals surface area contributed by atoms with E-state index < -0.39 is 0 Å². The molecule has 11 heavy (non-hydrogen) atoms. The molecule has 1 heterocycles. The number of hydrogen-bond acceptors (Lipinski definition) is 4. The molecule has 0 saturated carbocycles. The molecule has 0 bridgehead atoms. The molecular weight excluding hydrogens is 144 g/mol. The van der Waals surface area contributed by atoms with Crippen molar-refractivity contribution in [3.63, 3.8) is 0 Å². The molecule has 0 unspecified atom stereocenters. The third-order valence-corrected chi connectivity index (χ3v) is 1.15. The molecule has 1 rings (SSSR count). The second kappa shape index (κ2) is 2.96. The summed E-state index contributed by atoms with van der Waals surface area (Å²) >= 11 is 0. The van der Waals surface area contributed by atoms with Crippen molar-refractivity contribution in [1.82, 2.24) is 15.3 Å². The quantitative estimate of drug-likeness (QED) is 0.564. The first-order valence-corrected chi connectivity index (χ1v) is 3.03. The zero-order valence-electron chi connectivity index (χ0n) is 6.03. The van der Waals surface area contributed by atoms with Gasteiger partial charge in [-0.05, 0) is 0 Å². The van der Waals surface area contributed by atoms with E-state index in [4.69, 9.17) is 5.73 Å². The van der Waals surface area contributed by atoms with Crippen molar-refractivity contribution in [1.29, 1.82) is 0 Å². The number of carbonyl (C=O) groups is 1. The van der Waals surface area contributed by atoms with Gasteiger partial charge in [-0.2, -0.15) is 0 Å². The van der Waals surface area contributed by atoms with E-state index in [1.54, 1.807) is 0 Å². The van der Waals surface area contributed by atoms with Crippen LogP contribution in [0.15, 0.2) is 12.4 Å². The Bertz CT molecular complexity index is 273. The van der Waals surface area contributed by atoms with Crippen LogP contribution in [-0.4, -0.2) is 22.9 Å². The van der Waals surface area contributed by atoms with Crippen LogP contribution in [0.3, 0.4) is 0 Å². The maximum absolute atomic E-state index is 10.9. The molecule has 0 saturated heterocycles. The van der Waals surface area contributed by atoms with Crippen molar-refractivity contribution in [3.8, 4) is 0 Å². The number of nitrogens with two attached hydrogens (primary N) is 1. The minimum absolute atomic E-state index is 0.265. The lowest BCUT2D eigenvalue weighted by atomic mass is 10.4. The number of hydrogen-bond donors (Lipinski definition) is 2. The largest absolute Gasteiger partial charge is 0.384 e. The SMILES string of the molecule is CNC(=O)c1cc(N)ncn1. The first-order valence-electron chi connectivity index (χ1n) is 3.03. The first-order chi connectivity index (χ1) is 5.24. The Morgan fingerprint density at radius 2 is 2.36 bits per heavy atom. The van der Waals surface area contributed by atoms with Crippen molar-refractivity contribution in [2.45, 2.75) is 0 Å². The fourth-order valence-corrected chi connectivity index (χ4v) is 0.625. The molecule has 0 atom stereocenters. The Labute approximate surface area is 63.7 Å². The van der Waals surface area contributed by atoms with Gasteiger partial charge in [0.15, 0.2) is 0 Å². The third-order valence-electron chi connectivity index (χ3n) is 1.15. The van der Waals surface area contributed by atoms with Crippen LogP contribution in [0, 0.1) is 0 Å². The lowest BCUT2D eigenvalue weighted by molar-refractivity contribution is 0.0958. The number of rotatable bonds is 1. The van der Waals surface area contributed by atoms with Crippen molar-refractivity contribution in [2.75, 3.05) is 12.8 Å². The van der Waals surface area contributed by atoms with Gasteiger partial charge < -0.3 is 11.1 Å². The molecule has 1 aromatic heterocycles. The smallest absolute Gasteiger partial charge is 0.269 e. The standard InChI is InChI=1S/C6H8N4O/c1-8-6(11)4-2-5(7)10-3-9-4/h2-3H,1H3,(H,8,11)(H2,7,9,10). The van der Waals surface area contributed by atoms with Gasteiger partial charge in [-0.15, -0.1) is 0 Å². The molecule has 5 nitrogen and oxygen atoms in total. The van der Waals surface area contributed by atoms with Gasteiger partial charge in [-0.1, -0.05) is 0 Å². The van der Waals surface area contributed by atoms with Crippen LogP contribution in [0.4, 0.5) is 5.82 Å². The zero-order chi connectivity index (χ0) is 8.27. The fraction of sp³-hybridized carbons (Fsp3) is 0.167. The van der Waals surface area contributed by atoms with E-state index in [1.807, 2.05) is 0 Å². The third kappa shape index (κ3) is 1.64. The van der Waals surface area contributed by atoms with Crippen LogP contribution in [-0.2, 0) is 0 Å². The number of nitrogens with zero attached hydrogens (tertiary/aromatic N) is 2. The summed E-state index contributed by atoms with van der Waals surface area (Å²) in [5, 5.41) is 2.42. The van der Waals surface area contributed by atoms with Crippen molar-refractivity contribution >= 4 is 11.7 Å². The normalized spacial score (nSPS) is 9.18. The number of aromatic nitrogens is 2. The minimum atomic E-state index is -0.265. The van der Waals surface area contributed by atoms with Gasteiger partial charge in [0.05, 0.1) is 0 Å². The predicted octanol–water partition coefficient (Wildman–Crippen LogP) is -0.582. The highest BCUT2D eigenvalue weighted by Gasteiger charge is 2.03. The molecule has 0 spiro atoms. The maximum Gasteiger partial charge on any atom is 0.269 e. The van der Waals surface area contributed by atoms with E-state index in [0.717, 1.165) is 0 Å². The Balaban J connectivity index is 2.96. The molecule has 1 amide bonds. The van der Waals surface area contributed by atoms with Crippen LogP contribution in [0.5, 0.6) is 0 Å². The average molecular weight is 152 g/mol. The van der Waals surface area contributed by atoms with E-state index >= 15 is 0 Å². The van der Waals surface area contributed by atoms with Gasteiger partial charge in [0.1, 0.15) is 17.8 Å². The minimum Gasteiger partial charge on any atom is -0.384 e. The molecule has 3 N–H and O–H groups in total. The van der Waals surface area contributed by atoms with Crippen LogP contribution in [0.1, 0.15) is 10.5 Å². The number of anilines is 1. The summed E-state index contributed by atoms with van der Waals surface area (Å²) in [7, 11) is 1.53. The Morgan fingerprint density at radius 3 is 2.91 bits per heavy atom. The molecular formula is C6H8N4O. The second-order valence-corrected chi connectivity index (χ2v) is 1.91. The van der Waals surface area contributed by atoms with E-state index in [1.165, 1.54) is 19.4 Å². The molecule has 5 heteroatoms. The van der Waals surface area contributed by atoms with Gasteiger partial charge in [0, 0.05) is 13.1 Å². The summed E-state index contributed by atoms with van der Waals surface area (Å²) in [4.78, 5) is 18.3. The monoisotopic (exact) mass is 152 g/mol. The summed E-state index contributed by atoms with van der Waals surface area (Å²) in [6.07, 6.45) is 1.25. The van der Waals surface area contributed by atoms with E-state index in [2.05, 4.69) is 15.3 Å². The summed E-state index contributed by atoms with van der Waals surface area (Å²) in [6.45, 7) is 0. The van der Waals surface area contributed by atoms with Crippen molar-refractivity contribution in [3.05, 3.63) is 18.1 Å². The van der Waals surface area contributed by atoms with E-state index in [0.29, 0.717) is 5.82 Å². The molecule has 58 valence electrons. The van der Waals surface area contributed by atoms with Gasteiger partial charge in [-0.25, -0.2) is 9.97 Å². The Morgan fingerprint density at radius 1 is 1.64 bits per heavy atom. The fourth-order valence-electron chi connectivity index (χ4n) is 0.625. The highest BCUT2D eigenvalue weighted by molar-refractivity contribution is 5.92. The first kappa shape index (κ1) is 7.46. The van der Waals surface area contributed by atoms with Gasteiger partial charge >= 0.3 is 0 Å². The highest BCUT2D eigenvalue weighted by atomic mass is 16.1. The molecule has 0 aromatic carbocycles. The van der Waals surface area contributed by atoms with Crippen molar-refractivity contribution in [2.24, 2.45) is 0 Å². The van der Waals surface area contributed by atoms with Crippen LogP contribution in [0.2, 0.25) is 0 Å². The van der Waals surface area contributed by atoms with Gasteiger partial charge in [-0.3, -0.25) is 4.79 Å². The molecule has 1 aromatic rings. The number of amides is 1. The maximum atomic E-state index is 10.9. The highest BCUT2D eigenvalue weighted by Crippen LogP contribution is 1.97. The van der Waals surface area contributed by atoms with Gasteiger partial charge in [0.2, 0.25) is 0 Å². The lowest BCUT2D eigenvalue weighted by Crippen LogP contribution is -2.19. The predicted molar refractivity (Wildman–Crippen MR) is 39.8 cm³/mol. The van der Waals surface area contributed by atoms with Crippen LogP contribution < -0.4 is 11.1 Å². The van der Waals surface area contributed by atoms with E-state index in [-0.39, 0.29) is 11.6 Å². The Hall–Kier alpha value is -1.65. The molecule has 0 aliphatic carbocycles. The zero-order valence-corrected chi connectivity index (χ0v) is 6.03. The van der Waals surface area contributed by atoms with Crippen LogP contribution in [0.25, 0.3) is 0 Å².